The van der Waals surface area contributed by atoms with E-state index in [1.807, 2.05) is 0 Å². The maximum absolute atomic E-state index is 11.4. The summed E-state index contributed by atoms with van der Waals surface area (Å²) in [5, 5.41) is 3.32. The molecule has 17 heavy (non-hydrogen) atoms. The number of methoxy groups -OCH3 is 1. The molecule has 1 aromatic heterocycles. The molecule has 0 spiro atoms. The molecule has 1 N–H and O–H groups in total. The number of carbonyl (C=O) groups excluding carboxylic acids is 1. The van der Waals surface area contributed by atoms with Gasteiger partial charge in [-0.05, 0) is 32.4 Å². The molecule has 0 unspecified atom stereocenters. The molecule has 1 aromatic rings. The molecule has 0 atom stereocenters. The number of ether oxygens (including phenoxy) is 1. The van der Waals surface area contributed by atoms with Gasteiger partial charge in [0.2, 0.25) is 0 Å². The van der Waals surface area contributed by atoms with Gasteiger partial charge >= 0.3 is 5.97 Å². The summed E-state index contributed by atoms with van der Waals surface area (Å²) in [6.45, 7) is 6.37. The third kappa shape index (κ3) is 4.06. The summed E-state index contributed by atoms with van der Waals surface area (Å²) in [4.78, 5) is 15.6. The second kappa shape index (κ2) is 5.66. The van der Waals surface area contributed by atoms with Gasteiger partial charge in [0.25, 0.3) is 0 Å². The lowest BCUT2D eigenvalue weighted by Crippen LogP contribution is -2.31. The van der Waals surface area contributed by atoms with Gasteiger partial charge in [-0.15, -0.1) is 0 Å². The molecule has 94 valence electrons. The Hall–Kier alpha value is -1.58. The van der Waals surface area contributed by atoms with Gasteiger partial charge in [0.05, 0.1) is 12.7 Å². The lowest BCUT2D eigenvalue weighted by atomic mass is 9.99. The van der Waals surface area contributed by atoms with Crippen LogP contribution >= 0.6 is 0 Å². The van der Waals surface area contributed by atoms with Crippen molar-refractivity contribution in [3.63, 3.8) is 0 Å². The Balaban J connectivity index is 2.82. The minimum atomic E-state index is -0.344. The molecule has 1 rings (SSSR count). The SMILES string of the molecule is CCCC(C)(C)Nc1cc(C(=O)OC)ccn1. The summed E-state index contributed by atoms with van der Waals surface area (Å²) in [6, 6.07) is 3.35. The number of anilines is 1. The first-order valence-electron chi connectivity index (χ1n) is 5.81. The lowest BCUT2D eigenvalue weighted by Gasteiger charge is -2.26. The Labute approximate surface area is 102 Å². The average Bonchev–Trinajstić information content (AvgIpc) is 2.27. The number of nitrogens with one attached hydrogen (secondary N) is 1. The van der Waals surface area contributed by atoms with Crippen LogP contribution in [0.25, 0.3) is 0 Å². The summed E-state index contributed by atoms with van der Waals surface area (Å²) >= 11 is 0. The molecular weight excluding hydrogens is 216 g/mol. The molecule has 0 radical (unpaired) electrons. The standard InChI is InChI=1S/C13H20N2O2/c1-5-7-13(2,3)15-11-9-10(6-8-14-11)12(16)17-4/h6,8-9H,5,7H2,1-4H3,(H,14,15). The summed E-state index contributed by atoms with van der Waals surface area (Å²) < 4.78 is 4.67. The van der Waals surface area contributed by atoms with Crippen molar-refractivity contribution in [3.05, 3.63) is 23.9 Å². The highest BCUT2D eigenvalue weighted by atomic mass is 16.5. The number of rotatable bonds is 5. The fraction of sp³-hybridized carbons (Fsp3) is 0.538. The molecule has 4 nitrogen and oxygen atoms in total. The molecule has 0 saturated carbocycles. The Morgan fingerprint density at radius 3 is 2.82 bits per heavy atom. The van der Waals surface area contributed by atoms with Crippen LogP contribution < -0.4 is 5.32 Å². The third-order valence-corrected chi connectivity index (χ3v) is 2.52. The second-order valence-corrected chi connectivity index (χ2v) is 4.68. The van der Waals surface area contributed by atoms with Crippen LogP contribution in [0, 0.1) is 0 Å². The maximum Gasteiger partial charge on any atom is 0.338 e. The number of hydrogen-bond acceptors (Lipinski definition) is 4. The smallest absolute Gasteiger partial charge is 0.338 e. The zero-order chi connectivity index (χ0) is 12.9. The minimum absolute atomic E-state index is 0.0313. The summed E-state index contributed by atoms with van der Waals surface area (Å²) in [5.41, 5.74) is 0.480. The van der Waals surface area contributed by atoms with Gasteiger partial charge in [-0.1, -0.05) is 13.3 Å². The molecule has 0 aliphatic heterocycles. The molecule has 0 aliphatic carbocycles. The van der Waals surface area contributed by atoms with Crippen LogP contribution in [0.5, 0.6) is 0 Å². The highest BCUT2D eigenvalue weighted by Crippen LogP contribution is 2.18. The molecule has 0 amide bonds. The Bertz CT molecular complexity index is 389. The summed E-state index contributed by atoms with van der Waals surface area (Å²) in [5.74, 6) is 0.357. The van der Waals surface area contributed by atoms with Gasteiger partial charge in [0, 0.05) is 11.7 Å². The fourth-order valence-electron chi connectivity index (χ4n) is 1.78. The number of pyridine rings is 1. The van der Waals surface area contributed by atoms with Crippen LogP contribution in [0.3, 0.4) is 0 Å². The van der Waals surface area contributed by atoms with E-state index in [0.29, 0.717) is 11.4 Å². The lowest BCUT2D eigenvalue weighted by molar-refractivity contribution is 0.0600. The largest absolute Gasteiger partial charge is 0.465 e. The first kappa shape index (κ1) is 13.5. The maximum atomic E-state index is 11.4. The van der Waals surface area contributed by atoms with Crippen molar-refractivity contribution in [1.29, 1.82) is 0 Å². The predicted molar refractivity (Wildman–Crippen MR) is 68.2 cm³/mol. The van der Waals surface area contributed by atoms with Crippen molar-refractivity contribution in [1.82, 2.24) is 4.98 Å². The summed E-state index contributed by atoms with van der Waals surface area (Å²) in [7, 11) is 1.37. The van der Waals surface area contributed by atoms with E-state index in [1.165, 1.54) is 7.11 Å². The zero-order valence-corrected chi connectivity index (χ0v) is 10.9. The van der Waals surface area contributed by atoms with Crippen LogP contribution in [0.4, 0.5) is 5.82 Å². The predicted octanol–water partition coefficient (Wildman–Crippen LogP) is 2.86. The number of hydrogen-bond donors (Lipinski definition) is 1. The molecule has 1 heterocycles. The molecule has 0 bridgehead atoms. The topological polar surface area (TPSA) is 51.2 Å². The number of esters is 1. The van der Waals surface area contributed by atoms with Gasteiger partial charge in [0.15, 0.2) is 0 Å². The van der Waals surface area contributed by atoms with E-state index in [-0.39, 0.29) is 11.5 Å². The number of nitrogens with zero attached hydrogens (tertiary/aromatic N) is 1. The van der Waals surface area contributed by atoms with Crippen LogP contribution in [0.1, 0.15) is 44.0 Å². The van der Waals surface area contributed by atoms with E-state index in [4.69, 9.17) is 0 Å². The van der Waals surface area contributed by atoms with Crippen molar-refractivity contribution in [3.8, 4) is 0 Å². The molecule has 0 aliphatic rings. The van der Waals surface area contributed by atoms with E-state index in [9.17, 15) is 4.79 Å². The van der Waals surface area contributed by atoms with E-state index in [2.05, 4.69) is 35.8 Å². The van der Waals surface area contributed by atoms with Crippen molar-refractivity contribution in [2.45, 2.75) is 39.2 Å². The highest BCUT2D eigenvalue weighted by molar-refractivity contribution is 5.90. The van der Waals surface area contributed by atoms with Crippen LogP contribution in [0.2, 0.25) is 0 Å². The average molecular weight is 236 g/mol. The monoisotopic (exact) mass is 236 g/mol. The van der Waals surface area contributed by atoms with Gasteiger partial charge < -0.3 is 10.1 Å². The molecular formula is C13H20N2O2. The van der Waals surface area contributed by atoms with Crippen molar-refractivity contribution in [2.24, 2.45) is 0 Å². The fourth-order valence-corrected chi connectivity index (χ4v) is 1.78. The zero-order valence-electron chi connectivity index (χ0n) is 10.9. The van der Waals surface area contributed by atoms with E-state index in [1.54, 1.807) is 18.3 Å². The number of aromatic nitrogens is 1. The van der Waals surface area contributed by atoms with Gasteiger partial charge in [-0.3, -0.25) is 0 Å². The van der Waals surface area contributed by atoms with E-state index < -0.39 is 0 Å². The van der Waals surface area contributed by atoms with Crippen LogP contribution in [-0.4, -0.2) is 23.6 Å². The molecule has 0 saturated heterocycles. The second-order valence-electron chi connectivity index (χ2n) is 4.68. The molecule has 0 aromatic carbocycles. The minimum Gasteiger partial charge on any atom is -0.465 e. The third-order valence-electron chi connectivity index (χ3n) is 2.52. The molecule has 4 heteroatoms. The Morgan fingerprint density at radius 1 is 1.53 bits per heavy atom. The van der Waals surface area contributed by atoms with Crippen molar-refractivity contribution < 1.29 is 9.53 Å². The van der Waals surface area contributed by atoms with Crippen molar-refractivity contribution >= 4 is 11.8 Å². The number of carbonyl (C=O) groups is 1. The highest BCUT2D eigenvalue weighted by Gasteiger charge is 2.17. The first-order chi connectivity index (χ1) is 7.98. The Morgan fingerprint density at radius 2 is 2.24 bits per heavy atom. The van der Waals surface area contributed by atoms with E-state index in [0.717, 1.165) is 12.8 Å². The van der Waals surface area contributed by atoms with Crippen LogP contribution in [0.15, 0.2) is 18.3 Å². The molecule has 0 fully saturated rings. The summed E-state index contributed by atoms with van der Waals surface area (Å²) in [6.07, 6.45) is 3.74. The quantitative estimate of drug-likeness (QED) is 0.799. The van der Waals surface area contributed by atoms with Crippen molar-refractivity contribution in [2.75, 3.05) is 12.4 Å². The van der Waals surface area contributed by atoms with Gasteiger partial charge in [0.1, 0.15) is 5.82 Å². The first-order valence-corrected chi connectivity index (χ1v) is 5.81. The van der Waals surface area contributed by atoms with E-state index >= 15 is 0 Å². The Kier molecular flexibility index (Phi) is 4.49. The van der Waals surface area contributed by atoms with Crippen LogP contribution in [-0.2, 0) is 4.74 Å². The van der Waals surface area contributed by atoms with Gasteiger partial charge in [-0.25, -0.2) is 9.78 Å². The normalized spacial score (nSPS) is 11.1. The van der Waals surface area contributed by atoms with Gasteiger partial charge in [-0.2, -0.15) is 0 Å².